The van der Waals surface area contributed by atoms with E-state index < -0.39 is 0 Å². The molecular weight excluding hydrogens is 236 g/mol. The fraction of sp³-hybridized carbons (Fsp3) is 0.538. The van der Waals surface area contributed by atoms with Crippen LogP contribution < -0.4 is 11.1 Å². The normalized spacial score (nSPS) is 11.5. The van der Waals surface area contributed by atoms with Crippen LogP contribution >= 0.6 is 11.6 Å². The Bertz CT molecular complexity index is 356. The minimum atomic E-state index is -0.0885. The summed E-state index contributed by atoms with van der Waals surface area (Å²) in [4.78, 5) is 0. The van der Waals surface area contributed by atoms with Gasteiger partial charge in [-0.15, -0.1) is 0 Å². The van der Waals surface area contributed by atoms with Gasteiger partial charge < -0.3 is 16.2 Å². The SMILES string of the molecule is CCC(CC)(CO)CNc1cc(Cl)ccc1N. The van der Waals surface area contributed by atoms with E-state index in [-0.39, 0.29) is 12.0 Å². The van der Waals surface area contributed by atoms with Crippen molar-refractivity contribution in [3.05, 3.63) is 23.2 Å². The largest absolute Gasteiger partial charge is 0.397 e. The van der Waals surface area contributed by atoms with Crippen LogP contribution in [0.4, 0.5) is 11.4 Å². The second-order valence-corrected chi connectivity index (χ2v) is 4.89. The van der Waals surface area contributed by atoms with Crippen molar-refractivity contribution in [2.75, 3.05) is 24.2 Å². The van der Waals surface area contributed by atoms with Gasteiger partial charge in [0.2, 0.25) is 0 Å². The summed E-state index contributed by atoms with van der Waals surface area (Å²) in [6, 6.07) is 5.36. The fourth-order valence-electron chi connectivity index (χ4n) is 1.74. The summed E-state index contributed by atoms with van der Waals surface area (Å²) in [7, 11) is 0. The summed E-state index contributed by atoms with van der Waals surface area (Å²) in [5.74, 6) is 0. The molecule has 0 aliphatic heterocycles. The molecule has 0 saturated carbocycles. The number of halogens is 1. The van der Waals surface area contributed by atoms with Crippen molar-refractivity contribution < 1.29 is 5.11 Å². The summed E-state index contributed by atoms with van der Waals surface area (Å²) >= 11 is 5.92. The predicted octanol–water partition coefficient (Wildman–Crippen LogP) is 3.13. The minimum Gasteiger partial charge on any atom is -0.397 e. The average molecular weight is 257 g/mol. The highest BCUT2D eigenvalue weighted by Gasteiger charge is 2.25. The van der Waals surface area contributed by atoms with Crippen molar-refractivity contribution in [1.82, 2.24) is 0 Å². The van der Waals surface area contributed by atoms with E-state index in [2.05, 4.69) is 19.2 Å². The van der Waals surface area contributed by atoms with Crippen LogP contribution in [0, 0.1) is 5.41 Å². The number of nitrogen functional groups attached to an aromatic ring is 1. The minimum absolute atomic E-state index is 0.0885. The van der Waals surface area contributed by atoms with Gasteiger partial charge in [-0.25, -0.2) is 0 Å². The first-order valence-corrected chi connectivity index (χ1v) is 6.34. The van der Waals surface area contributed by atoms with E-state index in [1.807, 2.05) is 6.07 Å². The Labute approximate surface area is 108 Å². The number of benzene rings is 1. The summed E-state index contributed by atoms with van der Waals surface area (Å²) in [6.07, 6.45) is 1.85. The number of nitrogens with two attached hydrogens (primary N) is 1. The van der Waals surface area contributed by atoms with Crippen molar-refractivity contribution in [3.63, 3.8) is 0 Å². The number of nitrogens with one attached hydrogen (secondary N) is 1. The predicted molar refractivity (Wildman–Crippen MR) is 74.5 cm³/mol. The molecule has 1 rings (SSSR count). The van der Waals surface area contributed by atoms with Crippen LogP contribution in [0.15, 0.2) is 18.2 Å². The molecule has 4 N–H and O–H groups in total. The molecular formula is C13H21ClN2O. The lowest BCUT2D eigenvalue weighted by atomic mass is 9.83. The first-order chi connectivity index (χ1) is 8.06. The third-order valence-corrected chi connectivity index (χ3v) is 3.74. The Morgan fingerprint density at radius 1 is 1.35 bits per heavy atom. The van der Waals surface area contributed by atoms with Gasteiger partial charge in [0.05, 0.1) is 18.0 Å². The fourth-order valence-corrected chi connectivity index (χ4v) is 1.92. The number of hydrogen-bond donors (Lipinski definition) is 3. The Balaban J connectivity index is 2.75. The molecule has 0 amide bonds. The van der Waals surface area contributed by atoms with E-state index in [0.717, 1.165) is 18.5 Å². The second-order valence-electron chi connectivity index (χ2n) is 4.45. The van der Waals surface area contributed by atoms with Gasteiger partial charge in [0, 0.05) is 17.0 Å². The Morgan fingerprint density at radius 3 is 2.53 bits per heavy atom. The van der Waals surface area contributed by atoms with Gasteiger partial charge >= 0.3 is 0 Å². The third-order valence-electron chi connectivity index (χ3n) is 3.50. The zero-order chi connectivity index (χ0) is 12.9. The van der Waals surface area contributed by atoms with E-state index in [1.54, 1.807) is 12.1 Å². The van der Waals surface area contributed by atoms with Crippen molar-refractivity contribution in [2.24, 2.45) is 5.41 Å². The molecule has 96 valence electrons. The van der Waals surface area contributed by atoms with Gasteiger partial charge in [0.15, 0.2) is 0 Å². The van der Waals surface area contributed by atoms with Gasteiger partial charge in [0.1, 0.15) is 0 Å². The van der Waals surface area contributed by atoms with E-state index >= 15 is 0 Å². The van der Waals surface area contributed by atoms with Crippen molar-refractivity contribution >= 4 is 23.0 Å². The molecule has 0 saturated heterocycles. The highest BCUT2D eigenvalue weighted by molar-refractivity contribution is 6.31. The molecule has 0 unspecified atom stereocenters. The highest BCUT2D eigenvalue weighted by atomic mass is 35.5. The standard InChI is InChI=1S/C13H21ClN2O/c1-3-13(4-2,9-17)8-16-12-7-10(14)5-6-11(12)15/h5-7,16-17H,3-4,8-9,15H2,1-2H3. The van der Waals surface area contributed by atoms with Crippen LogP contribution in [-0.2, 0) is 0 Å². The number of anilines is 2. The first-order valence-electron chi connectivity index (χ1n) is 5.96. The number of aliphatic hydroxyl groups is 1. The van der Waals surface area contributed by atoms with E-state index in [0.29, 0.717) is 17.3 Å². The first kappa shape index (κ1) is 14.1. The monoisotopic (exact) mass is 256 g/mol. The molecule has 0 spiro atoms. The average Bonchev–Trinajstić information content (AvgIpc) is 2.35. The van der Waals surface area contributed by atoms with Crippen LogP contribution in [0.2, 0.25) is 5.02 Å². The summed E-state index contributed by atoms with van der Waals surface area (Å²) in [6.45, 7) is 5.04. The Kier molecular flexibility index (Phi) is 5.09. The molecule has 0 radical (unpaired) electrons. The lowest BCUT2D eigenvalue weighted by Gasteiger charge is -2.30. The van der Waals surface area contributed by atoms with Crippen LogP contribution in [-0.4, -0.2) is 18.3 Å². The molecule has 4 heteroatoms. The maximum Gasteiger partial charge on any atom is 0.0589 e. The van der Waals surface area contributed by atoms with E-state index in [1.165, 1.54) is 0 Å². The van der Waals surface area contributed by atoms with Crippen molar-refractivity contribution in [1.29, 1.82) is 0 Å². The number of hydrogen-bond acceptors (Lipinski definition) is 3. The van der Waals surface area contributed by atoms with E-state index in [4.69, 9.17) is 17.3 Å². The summed E-state index contributed by atoms with van der Waals surface area (Å²) in [5, 5.41) is 13.4. The quantitative estimate of drug-likeness (QED) is 0.686. The van der Waals surface area contributed by atoms with Gasteiger partial charge in [-0.2, -0.15) is 0 Å². The molecule has 1 aromatic carbocycles. The van der Waals surface area contributed by atoms with Crippen molar-refractivity contribution in [3.8, 4) is 0 Å². The molecule has 17 heavy (non-hydrogen) atoms. The number of rotatable bonds is 6. The lowest BCUT2D eigenvalue weighted by molar-refractivity contribution is 0.127. The second kappa shape index (κ2) is 6.12. The Hall–Kier alpha value is -0.930. The van der Waals surface area contributed by atoms with Gasteiger partial charge in [-0.3, -0.25) is 0 Å². The summed E-state index contributed by atoms with van der Waals surface area (Å²) < 4.78 is 0. The molecule has 0 aliphatic rings. The summed E-state index contributed by atoms with van der Waals surface area (Å²) in [5.41, 5.74) is 7.28. The topological polar surface area (TPSA) is 58.3 Å². The molecule has 0 bridgehead atoms. The van der Waals surface area contributed by atoms with Crippen LogP contribution in [0.3, 0.4) is 0 Å². The van der Waals surface area contributed by atoms with Gasteiger partial charge in [-0.1, -0.05) is 25.4 Å². The van der Waals surface area contributed by atoms with Crippen molar-refractivity contribution in [2.45, 2.75) is 26.7 Å². The molecule has 0 atom stereocenters. The molecule has 0 fully saturated rings. The number of aliphatic hydroxyl groups excluding tert-OH is 1. The zero-order valence-electron chi connectivity index (χ0n) is 10.5. The maximum atomic E-state index is 9.48. The van der Waals surface area contributed by atoms with Crippen LogP contribution in [0.5, 0.6) is 0 Å². The maximum absolute atomic E-state index is 9.48. The molecule has 0 heterocycles. The van der Waals surface area contributed by atoms with Gasteiger partial charge in [-0.05, 0) is 31.0 Å². The molecule has 3 nitrogen and oxygen atoms in total. The molecule has 0 aromatic heterocycles. The smallest absolute Gasteiger partial charge is 0.0589 e. The highest BCUT2D eigenvalue weighted by Crippen LogP contribution is 2.28. The third kappa shape index (κ3) is 3.51. The zero-order valence-corrected chi connectivity index (χ0v) is 11.2. The molecule has 1 aromatic rings. The molecule has 0 aliphatic carbocycles. The van der Waals surface area contributed by atoms with Gasteiger partial charge in [0.25, 0.3) is 0 Å². The van der Waals surface area contributed by atoms with Crippen LogP contribution in [0.1, 0.15) is 26.7 Å². The Morgan fingerprint density at radius 2 is 2.00 bits per heavy atom. The van der Waals surface area contributed by atoms with E-state index in [9.17, 15) is 5.11 Å². The lowest BCUT2D eigenvalue weighted by Crippen LogP contribution is -2.32. The van der Waals surface area contributed by atoms with Crippen LogP contribution in [0.25, 0.3) is 0 Å².